The molecule has 1 N–H and O–H groups in total. The number of carbonyl (C=O) groups is 1. The molecular formula is C15H15NO2. The highest BCUT2D eigenvalue weighted by Crippen LogP contribution is 2.38. The monoisotopic (exact) mass is 241 g/mol. The summed E-state index contributed by atoms with van der Waals surface area (Å²) in [5.74, 6) is 0.872. The molecule has 0 aliphatic carbocycles. The second kappa shape index (κ2) is 4.02. The molecule has 0 bridgehead atoms. The van der Waals surface area contributed by atoms with Crippen molar-refractivity contribution in [2.45, 2.75) is 20.0 Å². The number of ether oxygens (including phenoxy) is 1. The van der Waals surface area contributed by atoms with Gasteiger partial charge in [0.15, 0.2) is 11.9 Å². The Hall–Kier alpha value is -2.03. The lowest BCUT2D eigenvalue weighted by atomic mass is 10.0. The molecule has 3 rings (SSSR count). The number of benzene rings is 2. The summed E-state index contributed by atoms with van der Waals surface area (Å²) in [6, 6.07) is 11.9. The van der Waals surface area contributed by atoms with Gasteiger partial charge in [-0.1, -0.05) is 44.2 Å². The van der Waals surface area contributed by atoms with Crippen LogP contribution in [0.2, 0.25) is 0 Å². The molecule has 92 valence electrons. The lowest BCUT2D eigenvalue weighted by molar-refractivity contribution is -0.125. The summed E-state index contributed by atoms with van der Waals surface area (Å²) in [6.45, 7) is 3.97. The quantitative estimate of drug-likeness (QED) is 0.832. The normalized spacial score (nSPS) is 18.4. The summed E-state index contributed by atoms with van der Waals surface area (Å²) in [5, 5.41) is 5.08. The van der Waals surface area contributed by atoms with Crippen LogP contribution in [0.5, 0.6) is 5.75 Å². The molecule has 0 radical (unpaired) electrons. The van der Waals surface area contributed by atoms with Gasteiger partial charge >= 0.3 is 0 Å². The average Bonchev–Trinajstić information content (AvgIpc) is 2.37. The van der Waals surface area contributed by atoms with Crippen LogP contribution in [0, 0.1) is 5.92 Å². The van der Waals surface area contributed by atoms with Crippen molar-refractivity contribution in [1.29, 1.82) is 0 Å². The standard InChI is InChI=1S/C15H15NO2/c1-9(2)13-15(17)16-12-8-7-10-5-3-4-6-11(10)14(12)18-13/h3-9,13H,1-2H3,(H,16,17). The predicted molar refractivity (Wildman–Crippen MR) is 71.8 cm³/mol. The van der Waals surface area contributed by atoms with Crippen molar-refractivity contribution in [1.82, 2.24) is 0 Å². The van der Waals surface area contributed by atoms with Gasteiger partial charge in [0.1, 0.15) is 0 Å². The van der Waals surface area contributed by atoms with Crippen LogP contribution >= 0.6 is 0 Å². The topological polar surface area (TPSA) is 38.3 Å². The maximum absolute atomic E-state index is 11.9. The van der Waals surface area contributed by atoms with E-state index in [-0.39, 0.29) is 11.8 Å². The van der Waals surface area contributed by atoms with Crippen molar-refractivity contribution in [3.05, 3.63) is 36.4 Å². The highest BCUT2D eigenvalue weighted by Gasteiger charge is 2.30. The Morgan fingerprint density at radius 3 is 2.72 bits per heavy atom. The van der Waals surface area contributed by atoms with E-state index in [4.69, 9.17) is 4.74 Å². The zero-order chi connectivity index (χ0) is 12.7. The van der Waals surface area contributed by atoms with E-state index in [9.17, 15) is 4.79 Å². The van der Waals surface area contributed by atoms with Crippen molar-refractivity contribution in [2.24, 2.45) is 5.92 Å². The minimum atomic E-state index is -0.414. The average molecular weight is 241 g/mol. The van der Waals surface area contributed by atoms with Gasteiger partial charge in [0.2, 0.25) is 0 Å². The first-order valence-electron chi connectivity index (χ1n) is 6.16. The molecule has 2 aromatic carbocycles. The zero-order valence-electron chi connectivity index (χ0n) is 10.4. The minimum Gasteiger partial charge on any atom is -0.477 e. The van der Waals surface area contributed by atoms with Gasteiger partial charge in [0.25, 0.3) is 5.91 Å². The smallest absolute Gasteiger partial charge is 0.265 e. The third kappa shape index (κ3) is 1.63. The minimum absolute atomic E-state index is 0.0622. The molecule has 1 aliphatic rings. The molecule has 3 nitrogen and oxygen atoms in total. The lowest BCUT2D eigenvalue weighted by Gasteiger charge is -2.29. The molecule has 1 atom stereocenters. The molecule has 1 aliphatic heterocycles. The van der Waals surface area contributed by atoms with E-state index >= 15 is 0 Å². The van der Waals surface area contributed by atoms with Crippen molar-refractivity contribution in [2.75, 3.05) is 5.32 Å². The fraction of sp³-hybridized carbons (Fsp3) is 0.267. The number of anilines is 1. The van der Waals surface area contributed by atoms with Gasteiger partial charge in [-0.3, -0.25) is 4.79 Å². The summed E-state index contributed by atoms with van der Waals surface area (Å²) in [4.78, 5) is 11.9. The molecule has 18 heavy (non-hydrogen) atoms. The van der Waals surface area contributed by atoms with Crippen molar-refractivity contribution in [3.8, 4) is 5.75 Å². The number of amides is 1. The van der Waals surface area contributed by atoms with Crippen LogP contribution in [0.25, 0.3) is 10.8 Å². The molecule has 0 saturated carbocycles. The lowest BCUT2D eigenvalue weighted by Crippen LogP contribution is -2.40. The van der Waals surface area contributed by atoms with Crippen LogP contribution in [0.15, 0.2) is 36.4 Å². The highest BCUT2D eigenvalue weighted by molar-refractivity contribution is 6.03. The van der Waals surface area contributed by atoms with Crippen LogP contribution in [0.3, 0.4) is 0 Å². The second-order valence-electron chi connectivity index (χ2n) is 4.94. The van der Waals surface area contributed by atoms with Crippen LogP contribution in [-0.4, -0.2) is 12.0 Å². The van der Waals surface area contributed by atoms with E-state index in [0.717, 1.165) is 22.2 Å². The van der Waals surface area contributed by atoms with E-state index in [1.165, 1.54) is 0 Å². The number of fused-ring (bicyclic) bond motifs is 3. The molecule has 0 aromatic heterocycles. The van der Waals surface area contributed by atoms with Crippen LogP contribution in [0.4, 0.5) is 5.69 Å². The van der Waals surface area contributed by atoms with Gasteiger partial charge in [-0.2, -0.15) is 0 Å². The third-order valence-corrected chi connectivity index (χ3v) is 3.25. The Morgan fingerprint density at radius 2 is 1.94 bits per heavy atom. The van der Waals surface area contributed by atoms with Crippen molar-refractivity contribution in [3.63, 3.8) is 0 Å². The van der Waals surface area contributed by atoms with Gasteiger partial charge in [-0.05, 0) is 17.4 Å². The largest absolute Gasteiger partial charge is 0.477 e. The highest BCUT2D eigenvalue weighted by atomic mass is 16.5. The molecule has 1 heterocycles. The van der Waals surface area contributed by atoms with E-state index in [1.807, 2.05) is 50.2 Å². The Bertz CT molecular complexity index is 619. The first-order chi connectivity index (χ1) is 8.66. The number of nitrogens with one attached hydrogen (secondary N) is 1. The number of rotatable bonds is 1. The SMILES string of the molecule is CC(C)C1Oc2c(ccc3ccccc23)NC1=O. The van der Waals surface area contributed by atoms with Crippen molar-refractivity contribution >= 4 is 22.4 Å². The summed E-state index contributed by atoms with van der Waals surface area (Å²) in [7, 11) is 0. The third-order valence-electron chi connectivity index (χ3n) is 3.25. The zero-order valence-corrected chi connectivity index (χ0v) is 10.4. The second-order valence-corrected chi connectivity index (χ2v) is 4.94. The Balaban J connectivity index is 2.17. The summed E-state index contributed by atoms with van der Waals surface area (Å²) >= 11 is 0. The van der Waals surface area contributed by atoms with Gasteiger partial charge in [0, 0.05) is 5.39 Å². The first kappa shape index (κ1) is 11.1. The molecule has 3 heteroatoms. The van der Waals surface area contributed by atoms with E-state index in [1.54, 1.807) is 0 Å². The predicted octanol–water partition coefficient (Wildman–Crippen LogP) is 3.20. The Morgan fingerprint density at radius 1 is 1.17 bits per heavy atom. The summed E-state index contributed by atoms with van der Waals surface area (Å²) in [6.07, 6.45) is -0.414. The molecule has 2 aromatic rings. The fourth-order valence-corrected chi connectivity index (χ4v) is 2.29. The molecule has 1 amide bonds. The van der Waals surface area contributed by atoms with E-state index in [0.29, 0.717) is 0 Å². The molecule has 1 unspecified atom stereocenters. The molecule has 0 saturated heterocycles. The number of hydrogen-bond donors (Lipinski definition) is 1. The number of hydrogen-bond acceptors (Lipinski definition) is 2. The van der Waals surface area contributed by atoms with E-state index < -0.39 is 6.10 Å². The Kier molecular flexibility index (Phi) is 2.47. The number of carbonyl (C=O) groups excluding carboxylic acids is 1. The maximum Gasteiger partial charge on any atom is 0.265 e. The first-order valence-corrected chi connectivity index (χ1v) is 6.16. The van der Waals surface area contributed by atoms with Gasteiger partial charge in [0.05, 0.1) is 5.69 Å². The summed E-state index contributed by atoms with van der Waals surface area (Å²) < 4.78 is 5.91. The summed E-state index contributed by atoms with van der Waals surface area (Å²) in [5.41, 5.74) is 0.760. The van der Waals surface area contributed by atoms with Crippen LogP contribution in [0.1, 0.15) is 13.8 Å². The van der Waals surface area contributed by atoms with Gasteiger partial charge in [-0.15, -0.1) is 0 Å². The van der Waals surface area contributed by atoms with Crippen LogP contribution in [-0.2, 0) is 4.79 Å². The van der Waals surface area contributed by atoms with Crippen molar-refractivity contribution < 1.29 is 9.53 Å². The van der Waals surface area contributed by atoms with E-state index in [2.05, 4.69) is 5.32 Å². The fourth-order valence-electron chi connectivity index (χ4n) is 2.29. The molecular weight excluding hydrogens is 226 g/mol. The van der Waals surface area contributed by atoms with Gasteiger partial charge in [-0.25, -0.2) is 0 Å². The van der Waals surface area contributed by atoms with Gasteiger partial charge < -0.3 is 10.1 Å². The molecule has 0 spiro atoms. The van der Waals surface area contributed by atoms with Crippen LogP contribution < -0.4 is 10.1 Å². The Labute approximate surface area is 106 Å². The maximum atomic E-state index is 11.9. The molecule has 0 fully saturated rings.